The van der Waals surface area contributed by atoms with Crippen LogP contribution in [0.5, 0.6) is 0 Å². The van der Waals surface area contributed by atoms with E-state index in [9.17, 15) is 0 Å². The Bertz CT molecular complexity index is 639. The maximum Gasteiger partial charge on any atom is 0.225 e. The predicted octanol–water partition coefficient (Wildman–Crippen LogP) is 1.28. The Morgan fingerprint density at radius 1 is 1.40 bits per heavy atom. The minimum atomic E-state index is -0.132. The SMILES string of the molecule is CC(Nc1ncc(C#N)c(N)n1)c1nncn1C(C)C. The van der Waals surface area contributed by atoms with Crippen molar-refractivity contribution >= 4 is 11.8 Å². The van der Waals surface area contributed by atoms with Gasteiger partial charge in [-0.3, -0.25) is 0 Å². The lowest BCUT2D eigenvalue weighted by molar-refractivity contribution is 0.551. The Balaban J connectivity index is 2.19. The van der Waals surface area contributed by atoms with Gasteiger partial charge in [0.2, 0.25) is 5.95 Å². The van der Waals surface area contributed by atoms with E-state index in [-0.39, 0.29) is 23.5 Å². The minimum Gasteiger partial charge on any atom is -0.382 e. The quantitative estimate of drug-likeness (QED) is 0.860. The van der Waals surface area contributed by atoms with Gasteiger partial charge in [0.25, 0.3) is 0 Å². The average molecular weight is 272 g/mol. The van der Waals surface area contributed by atoms with Gasteiger partial charge in [0.15, 0.2) is 5.82 Å². The lowest BCUT2D eigenvalue weighted by Gasteiger charge is -2.16. The largest absolute Gasteiger partial charge is 0.382 e. The molecule has 0 spiro atoms. The van der Waals surface area contributed by atoms with E-state index in [4.69, 9.17) is 11.0 Å². The first-order valence-corrected chi connectivity index (χ1v) is 6.21. The Labute approximate surface area is 116 Å². The molecule has 104 valence electrons. The number of hydrogen-bond acceptors (Lipinski definition) is 7. The molecule has 0 aliphatic rings. The molecule has 0 fully saturated rings. The number of nitrogens with two attached hydrogens (primary N) is 1. The molecule has 0 radical (unpaired) electrons. The fourth-order valence-electron chi connectivity index (χ4n) is 1.77. The van der Waals surface area contributed by atoms with Crippen LogP contribution in [0.25, 0.3) is 0 Å². The van der Waals surface area contributed by atoms with Crippen molar-refractivity contribution in [3.63, 3.8) is 0 Å². The van der Waals surface area contributed by atoms with E-state index in [1.807, 2.05) is 17.6 Å². The van der Waals surface area contributed by atoms with Crippen molar-refractivity contribution in [2.24, 2.45) is 0 Å². The molecule has 0 saturated heterocycles. The molecule has 2 aromatic heterocycles. The molecule has 1 atom stereocenters. The molecule has 8 heteroatoms. The monoisotopic (exact) mass is 272 g/mol. The highest BCUT2D eigenvalue weighted by Crippen LogP contribution is 2.18. The molecule has 0 aliphatic heterocycles. The summed E-state index contributed by atoms with van der Waals surface area (Å²) in [7, 11) is 0. The van der Waals surface area contributed by atoms with Crippen LogP contribution >= 0.6 is 0 Å². The molecule has 0 saturated carbocycles. The van der Waals surface area contributed by atoms with Crippen molar-refractivity contribution in [1.82, 2.24) is 24.7 Å². The number of nitriles is 1. The molecule has 20 heavy (non-hydrogen) atoms. The van der Waals surface area contributed by atoms with Crippen LogP contribution in [0.1, 0.15) is 44.2 Å². The van der Waals surface area contributed by atoms with E-state index in [1.165, 1.54) is 6.20 Å². The topological polar surface area (TPSA) is 118 Å². The van der Waals surface area contributed by atoms with Crippen molar-refractivity contribution in [3.05, 3.63) is 23.9 Å². The zero-order valence-electron chi connectivity index (χ0n) is 11.6. The lowest BCUT2D eigenvalue weighted by atomic mass is 10.3. The van der Waals surface area contributed by atoms with Crippen molar-refractivity contribution in [2.45, 2.75) is 32.9 Å². The summed E-state index contributed by atoms with van der Waals surface area (Å²) >= 11 is 0. The second kappa shape index (κ2) is 5.52. The second-order valence-electron chi connectivity index (χ2n) is 4.66. The third-order valence-corrected chi connectivity index (χ3v) is 2.83. The Hall–Kier alpha value is -2.69. The zero-order chi connectivity index (χ0) is 14.7. The summed E-state index contributed by atoms with van der Waals surface area (Å²) in [6.45, 7) is 6.03. The number of aromatic nitrogens is 5. The molecule has 2 heterocycles. The predicted molar refractivity (Wildman–Crippen MR) is 73.6 cm³/mol. The van der Waals surface area contributed by atoms with Crippen molar-refractivity contribution < 1.29 is 0 Å². The molecular formula is C12H16N8. The maximum atomic E-state index is 8.79. The van der Waals surface area contributed by atoms with E-state index in [0.29, 0.717) is 5.95 Å². The van der Waals surface area contributed by atoms with Gasteiger partial charge in [0, 0.05) is 6.04 Å². The van der Waals surface area contributed by atoms with Crippen LogP contribution in [-0.2, 0) is 0 Å². The van der Waals surface area contributed by atoms with Gasteiger partial charge >= 0.3 is 0 Å². The van der Waals surface area contributed by atoms with Crippen LogP contribution in [0.2, 0.25) is 0 Å². The Morgan fingerprint density at radius 2 is 2.15 bits per heavy atom. The Kier molecular flexibility index (Phi) is 3.79. The third kappa shape index (κ3) is 2.66. The van der Waals surface area contributed by atoms with Gasteiger partial charge in [0.1, 0.15) is 23.8 Å². The molecule has 3 N–H and O–H groups in total. The van der Waals surface area contributed by atoms with Crippen molar-refractivity contribution in [3.8, 4) is 6.07 Å². The van der Waals surface area contributed by atoms with Gasteiger partial charge in [-0.1, -0.05) is 0 Å². The van der Waals surface area contributed by atoms with Crippen LogP contribution < -0.4 is 11.1 Å². The van der Waals surface area contributed by atoms with Crippen molar-refractivity contribution in [1.29, 1.82) is 5.26 Å². The van der Waals surface area contributed by atoms with Gasteiger partial charge < -0.3 is 15.6 Å². The van der Waals surface area contributed by atoms with E-state index in [0.717, 1.165) is 5.82 Å². The highest BCUT2D eigenvalue weighted by molar-refractivity contribution is 5.49. The van der Waals surface area contributed by atoms with Gasteiger partial charge in [-0.2, -0.15) is 10.2 Å². The maximum absolute atomic E-state index is 8.79. The summed E-state index contributed by atoms with van der Waals surface area (Å²) in [6, 6.07) is 2.05. The number of nitrogens with one attached hydrogen (secondary N) is 1. The van der Waals surface area contributed by atoms with Gasteiger partial charge in [-0.25, -0.2) is 4.98 Å². The third-order valence-electron chi connectivity index (χ3n) is 2.83. The average Bonchev–Trinajstić information content (AvgIpc) is 2.88. The van der Waals surface area contributed by atoms with E-state index < -0.39 is 0 Å². The minimum absolute atomic E-state index is 0.132. The molecule has 0 aromatic carbocycles. The number of hydrogen-bond donors (Lipinski definition) is 2. The summed E-state index contributed by atoms with van der Waals surface area (Å²) in [5.74, 6) is 1.29. The Morgan fingerprint density at radius 3 is 2.75 bits per heavy atom. The molecule has 0 aliphatic carbocycles. The molecular weight excluding hydrogens is 256 g/mol. The summed E-state index contributed by atoms with van der Waals surface area (Å²) in [4.78, 5) is 8.10. The van der Waals surface area contributed by atoms with Crippen LogP contribution in [0, 0.1) is 11.3 Å². The number of anilines is 2. The first-order chi connectivity index (χ1) is 9.52. The van der Waals surface area contributed by atoms with Crippen LogP contribution in [0.4, 0.5) is 11.8 Å². The normalized spacial score (nSPS) is 12.2. The molecule has 2 aromatic rings. The fourth-order valence-corrected chi connectivity index (χ4v) is 1.77. The first-order valence-electron chi connectivity index (χ1n) is 6.21. The summed E-state index contributed by atoms with van der Waals surface area (Å²) in [6.07, 6.45) is 3.08. The number of nitrogens with zero attached hydrogens (tertiary/aromatic N) is 6. The zero-order valence-corrected chi connectivity index (χ0v) is 11.6. The highest BCUT2D eigenvalue weighted by Gasteiger charge is 2.16. The van der Waals surface area contributed by atoms with Crippen LogP contribution in [-0.4, -0.2) is 24.7 Å². The van der Waals surface area contributed by atoms with E-state index in [2.05, 4.69) is 39.3 Å². The fraction of sp³-hybridized carbons (Fsp3) is 0.417. The molecule has 2 rings (SSSR count). The standard InChI is InChI=1S/C12H16N8/c1-7(2)20-6-16-19-11(20)8(3)17-12-15-5-9(4-13)10(14)18-12/h5-8H,1-3H3,(H3,14,15,17,18). The van der Waals surface area contributed by atoms with Gasteiger partial charge in [-0.05, 0) is 20.8 Å². The van der Waals surface area contributed by atoms with Crippen molar-refractivity contribution in [2.75, 3.05) is 11.1 Å². The summed E-state index contributed by atoms with van der Waals surface area (Å²) < 4.78 is 1.96. The van der Waals surface area contributed by atoms with Gasteiger partial charge in [0.05, 0.1) is 12.2 Å². The number of rotatable bonds is 4. The second-order valence-corrected chi connectivity index (χ2v) is 4.66. The van der Waals surface area contributed by atoms with E-state index in [1.54, 1.807) is 6.33 Å². The summed E-state index contributed by atoms with van der Waals surface area (Å²) in [5.41, 5.74) is 5.92. The highest BCUT2D eigenvalue weighted by atomic mass is 15.3. The molecule has 1 unspecified atom stereocenters. The number of nitrogen functional groups attached to an aromatic ring is 1. The molecule has 8 nitrogen and oxygen atoms in total. The molecule has 0 bridgehead atoms. The van der Waals surface area contributed by atoms with E-state index >= 15 is 0 Å². The first kappa shape index (κ1) is 13.7. The molecule has 0 amide bonds. The van der Waals surface area contributed by atoms with Gasteiger partial charge in [-0.15, -0.1) is 10.2 Å². The smallest absolute Gasteiger partial charge is 0.225 e. The summed E-state index contributed by atoms with van der Waals surface area (Å²) in [5, 5.41) is 19.9. The van der Waals surface area contributed by atoms with Crippen LogP contribution in [0.3, 0.4) is 0 Å². The van der Waals surface area contributed by atoms with Crippen LogP contribution in [0.15, 0.2) is 12.5 Å². The lowest BCUT2D eigenvalue weighted by Crippen LogP contribution is -2.16.